The summed E-state index contributed by atoms with van der Waals surface area (Å²) in [6.07, 6.45) is 4.54. The van der Waals surface area contributed by atoms with Crippen LogP contribution in [0.15, 0.2) is 24.5 Å². The van der Waals surface area contributed by atoms with Crippen molar-refractivity contribution in [1.29, 1.82) is 0 Å². The van der Waals surface area contributed by atoms with E-state index in [-0.39, 0.29) is 17.7 Å². The van der Waals surface area contributed by atoms with E-state index in [0.29, 0.717) is 24.6 Å². The Morgan fingerprint density at radius 2 is 2.35 bits per heavy atom. The molecule has 1 aliphatic rings. The Morgan fingerprint density at radius 1 is 1.55 bits per heavy atom. The topological polar surface area (TPSA) is 62.3 Å². The first kappa shape index (κ1) is 14.5. The lowest BCUT2D eigenvalue weighted by atomic mass is 10.1. The molecule has 5 nitrogen and oxygen atoms in total. The van der Waals surface area contributed by atoms with Gasteiger partial charge in [0.15, 0.2) is 0 Å². The average molecular weight is 275 g/mol. The van der Waals surface area contributed by atoms with Crippen LogP contribution in [-0.2, 0) is 9.59 Å². The third-order valence-corrected chi connectivity index (χ3v) is 3.49. The van der Waals surface area contributed by atoms with Gasteiger partial charge < -0.3 is 10.2 Å². The van der Waals surface area contributed by atoms with E-state index >= 15 is 0 Å². The van der Waals surface area contributed by atoms with Crippen LogP contribution in [0.5, 0.6) is 0 Å². The van der Waals surface area contributed by atoms with Gasteiger partial charge in [-0.05, 0) is 24.5 Å². The van der Waals surface area contributed by atoms with Gasteiger partial charge >= 0.3 is 0 Å². The van der Waals surface area contributed by atoms with Crippen molar-refractivity contribution in [2.75, 3.05) is 18.4 Å². The molecule has 0 spiro atoms. The Balaban J connectivity index is 1.88. The number of hydrogen-bond acceptors (Lipinski definition) is 3. The van der Waals surface area contributed by atoms with E-state index in [0.717, 1.165) is 13.0 Å². The molecule has 0 aromatic carbocycles. The normalized spacial score (nSPS) is 18.6. The van der Waals surface area contributed by atoms with Crippen LogP contribution in [0.4, 0.5) is 5.69 Å². The van der Waals surface area contributed by atoms with E-state index in [1.165, 1.54) is 0 Å². The summed E-state index contributed by atoms with van der Waals surface area (Å²) in [7, 11) is 0. The summed E-state index contributed by atoms with van der Waals surface area (Å²) < 4.78 is 0. The minimum absolute atomic E-state index is 0.0805. The Labute approximate surface area is 119 Å². The van der Waals surface area contributed by atoms with Gasteiger partial charge in [-0.25, -0.2) is 0 Å². The number of nitrogens with one attached hydrogen (secondary N) is 1. The van der Waals surface area contributed by atoms with Crippen molar-refractivity contribution in [3.63, 3.8) is 0 Å². The molecule has 1 N–H and O–H groups in total. The van der Waals surface area contributed by atoms with E-state index < -0.39 is 0 Å². The van der Waals surface area contributed by atoms with Gasteiger partial charge in [-0.2, -0.15) is 0 Å². The smallest absolute Gasteiger partial charge is 0.229 e. The first-order chi connectivity index (χ1) is 9.56. The van der Waals surface area contributed by atoms with Crippen LogP contribution >= 0.6 is 0 Å². The number of rotatable bonds is 5. The van der Waals surface area contributed by atoms with Gasteiger partial charge in [-0.1, -0.05) is 13.8 Å². The molecule has 108 valence electrons. The zero-order valence-corrected chi connectivity index (χ0v) is 12.0. The molecule has 1 unspecified atom stereocenters. The van der Waals surface area contributed by atoms with Crippen LogP contribution in [0.2, 0.25) is 0 Å². The largest absolute Gasteiger partial charge is 0.342 e. The highest BCUT2D eigenvalue weighted by molar-refractivity contribution is 5.97. The summed E-state index contributed by atoms with van der Waals surface area (Å²) >= 11 is 0. The maximum absolute atomic E-state index is 12.1. The standard InChI is InChI=1S/C15H21N3O2/c1-11(2)5-7-18-10-12(8-14(18)19)15(20)17-13-4-3-6-16-9-13/h3-4,6,9,11-12H,5,7-8,10H2,1-2H3,(H,17,20). The zero-order valence-electron chi connectivity index (χ0n) is 12.0. The quantitative estimate of drug-likeness (QED) is 0.893. The minimum Gasteiger partial charge on any atom is -0.342 e. The first-order valence-corrected chi connectivity index (χ1v) is 7.05. The van der Waals surface area contributed by atoms with Crippen molar-refractivity contribution < 1.29 is 9.59 Å². The molecule has 1 aromatic rings. The molecule has 0 saturated carbocycles. The van der Waals surface area contributed by atoms with Crippen LogP contribution in [-0.4, -0.2) is 34.8 Å². The Bertz CT molecular complexity index is 473. The second-order valence-electron chi connectivity index (χ2n) is 5.65. The summed E-state index contributed by atoms with van der Waals surface area (Å²) in [5, 5.41) is 2.81. The lowest BCUT2D eigenvalue weighted by Gasteiger charge is -2.17. The Hall–Kier alpha value is -1.91. The Kier molecular flexibility index (Phi) is 4.71. The fraction of sp³-hybridized carbons (Fsp3) is 0.533. The monoisotopic (exact) mass is 275 g/mol. The van der Waals surface area contributed by atoms with Crippen LogP contribution in [0.1, 0.15) is 26.7 Å². The second kappa shape index (κ2) is 6.50. The summed E-state index contributed by atoms with van der Waals surface area (Å²) in [4.78, 5) is 29.8. The van der Waals surface area contributed by atoms with Crippen molar-refractivity contribution in [2.24, 2.45) is 11.8 Å². The fourth-order valence-electron chi connectivity index (χ4n) is 2.26. The van der Waals surface area contributed by atoms with E-state index in [1.807, 2.05) is 0 Å². The predicted octanol–water partition coefficient (Wildman–Crippen LogP) is 1.91. The molecule has 1 atom stereocenters. The summed E-state index contributed by atoms with van der Waals surface area (Å²) in [6.45, 7) is 5.53. The second-order valence-corrected chi connectivity index (χ2v) is 5.65. The molecule has 1 saturated heterocycles. The zero-order chi connectivity index (χ0) is 14.5. The van der Waals surface area contributed by atoms with Crippen molar-refractivity contribution >= 4 is 17.5 Å². The number of hydrogen-bond donors (Lipinski definition) is 1. The van der Waals surface area contributed by atoms with E-state index in [9.17, 15) is 9.59 Å². The summed E-state index contributed by atoms with van der Waals surface area (Å²) in [5.74, 6) is 0.288. The average Bonchev–Trinajstić information content (AvgIpc) is 2.79. The van der Waals surface area contributed by atoms with E-state index in [4.69, 9.17) is 0 Å². The first-order valence-electron chi connectivity index (χ1n) is 7.05. The molecular weight excluding hydrogens is 254 g/mol. The molecule has 5 heteroatoms. The molecule has 20 heavy (non-hydrogen) atoms. The lowest BCUT2D eigenvalue weighted by molar-refractivity contribution is -0.128. The number of anilines is 1. The van der Waals surface area contributed by atoms with Crippen LogP contribution in [0.25, 0.3) is 0 Å². The molecule has 1 fully saturated rings. The SMILES string of the molecule is CC(C)CCN1CC(C(=O)Nc2cccnc2)CC1=O. The number of aromatic nitrogens is 1. The van der Waals surface area contributed by atoms with Gasteiger partial charge in [-0.15, -0.1) is 0 Å². The molecule has 0 radical (unpaired) electrons. The molecule has 1 aromatic heterocycles. The predicted molar refractivity (Wildman–Crippen MR) is 77.0 cm³/mol. The van der Waals surface area contributed by atoms with Crippen molar-refractivity contribution in [1.82, 2.24) is 9.88 Å². The molecule has 0 aliphatic carbocycles. The molecule has 2 heterocycles. The minimum atomic E-state index is -0.255. The maximum atomic E-state index is 12.1. The highest BCUT2D eigenvalue weighted by Gasteiger charge is 2.33. The molecule has 2 amide bonds. The fourth-order valence-corrected chi connectivity index (χ4v) is 2.26. The van der Waals surface area contributed by atoms with Gasteiger partial charge in [0, 0.05) is 25.7 Å². The van der Waals surface area contributed by atoms with Crippen LogP contribution < -0.4 is 5.32 Å². The third-order valence-electron chi connectivity index (χ3n) is 3.49. The maximum Gasteiger partial charge on any atom is 0.229 e. The number of amides is 2. The van der Waals surface area contributed by atoms with E-state index in [1.54, 1.807) is 29.4 Å². The lowest BCUT2D eigenvalue weighted by Crippen LogP contribution is -2.29. The number of carbonyl (C=O) groups excluding carboxylic acids is 2. The Morgan fingerprint density at radius 3 is 3.00 bits per heavy atom. The van der Waals surface area contributed by atoms with Crippen LogP contribution in [0.3, 0.4) is 0 Å². The van der Waals surface area contributed by atoms with E-state index in [2.05, 4.69) is 24.1 Å². The van der Waals surface area contributed by atoms with Crippen LogP contribution in [0, 0.1) is 11.8 Å². The van der Waals surface area contributed by atoms with Gasteiger partial charge in [0.05, 0.1) is 17.8 Å². The van der Waals surface area contributed by atoms with Crippen molar-refractivity contribution in [2.45, 2.75) is 26.7 Å². The molecular formula is C15H21N3O2. The van der Waals surface area contributed by atoms with Crippen molar-refractivity contribution in [3.05, 3.63) is 24.5 Å². The number of carbonyl (C=O) groups is 2. The molecule has 0 bridgehead atoms. The van der Waals surface area contributed by atoms with Gasteiger partial charge in [0.2, 0.25) is 11.8 Å². The molecule has 2 rings (SSSR count). The highest BCUT2D eigenvalue weighted by atomic mass is 16.2. The summed E-state index contributed by atoms with van der Waals surface area (Å²) in [6, 6.07) is 3.56. The highest BCUT2D eigenvalue weighted by Crippen LogP contribution is 2.20. The number of pyridine rings is 1. The van der Waals surface area contributed by atoms with Gasteiger partial charge in [-0.3, -0.25) is 14.6 Å². The number of likely N-dealkylation sites (tertiary alicyclic amines) is 1. The van der Waals surface area contributed by atoms with Gasteiger partial charge in [0.25, 0.3) is 0 Å². The van der Waals surface area contributed by atoms with Crippen molar-refractivity contribution in [3.8, 4) is 0 Å². The number of nitrogens with zero attached hydrogens (tertiary/aromatic N) is 2. The van der Waals surface area contributed by atoms with Gasteiger partial charge in [0.1, 0.15) is 0 Å². The molecule has 1 aliphatic heterocycles. The third kappa shape index (κ3) is 3.79. The summed E-state index contributed by atoms with van der Waals surface area (Å²) in [5.41, 5.74) is 0.672.